The van der Waals surface area contributed by atoms with Crippen LogP contribution in [-0.2, 0) is 14.9 Å². The molecule has 1 N–H and O–H groups in total. The van der Waals surface area contributed by atoms with Crippen molar-refractivity contribution in [3.8, 4) is 0 Å². The smallest absolute Gasteiger partial charge is 0.282 e. The molecule has 0 aromatic carbocycles. The molecular formula is C12H24N2O4S. The van der Waals surface area contributed by atoms with Gasteiger partial charge < -0.3 is 9.84 Å². The van der Waals surface area contributed by atoms with Crippen LogP contribution in [0.3, 0.4) is 0 Å². The summed E-state index contributed by atoms with van der Waals surface area (Å²) in [5.74, 6) is 0.161. The van der Waals surface area contributed by atoms with Gasteiger partial charge in [0.2, 0.25) is 0 Å². The van der Waals surface area contributed by atoms with E-state index in [9.17, 15) is 13.5 Å². The zero-order chi connectivity index (χ0) is 14.2. The lowest BCUT2D eigenvalue weighted by Gasteiger charge is -2.40. The number of piperidine rings is 1. The number of aliphatic hydroxyl groups excluding tert-OH is 1. The summed E-state index contributed by atoms with van der Waals surface area (Å²) < 4.78 is 33.6. The molecular weight excluding hydrogens is 268 g/mol. The first-order valence-electron chi connectivity index (χ1n) is 6.89. The Morgan fingerprint density at radius 1 is 1.05 bits per heavy atom. The Kier molecular flexibility index (Phi) is 4.52. The number of β-amino-alcohol motifs (C(OH)–C–C–N with tert-alkyl or cyclic N) is 1. The Morgan fingerprint density at radius 3 is 2.16 bits per heavy atom. The molecule has 19 heavy (non-hydrogen) atoms. The third-order valence-electron chi connectivity index (χ3n) is 3.92. The molecule has 6 nitrogen and oxygen atoms in total. The third kappa shape index (κ3) is 3.28. The highest BCUT2D eigenvalue weighted by Crippen LogP contribution is 2.23. The van der Waals surface area contributed by atoms with Crippen LogP contribution in [0.1, 0.15) is 27.2 Å². The maximum Gasteiger partial charge on any atom is 0.282 e. The van der Waals surface area contributed by atoms with Crippen molar-refractivity contribution in [1.29, 1.82) is 0 Å². The van der Waals surface area contributed by atoms with Gasteiger partial charge in [0.05, 0.1) is 18.3 Å². The van der Waals surface area contributed by atoms with Gasteiger partial charge in [-0.2, -0.15) is 17.0 Å². The minimum absolute atomic E-state index is 0.0906. The lowest BCUT2D eigenvalue weighted by Crippen LogP contribution is -2.56. The van der Waals surface area contributed by atoms with Crippen molar-refractivity contribution in [2.24, 2.45) is 5.92 Å². The number of ether oxygens (including phenoxy) is 1. The molecule has 2 aliphatic heterocycles. The van der Waals surface area contributed by atoms with E-state index < -0.39 is 16.3 Å². The van der Waals surface area contributed by atoms with Crippen LogP contribution < -0.4 is 0 Å². The van der Waals surface area contributed by atoms with E-state index in [-0.39, 0.29) is 24.7 Å². The topological polar surface area (TPSA) is 70.1 Å². The molecule has 2 fully saturated rings. The van der Waals surface area contributed by atoms with Crippen molar-refractivity contribution in [2.75, 3.05) is 26.2 Å². The Hall–Kier alpha value is -0.210. The van der Waals surface area contributed by atoms with Crippen LogP contribution in [0, 0.1) is 5.92 Å². The highest BCUT2D eigenvalue weighted by molar-refractivity contribution is 7.86. The Balaban J connectivity index is 2.09. The molecule has 0 aromatic rings. The highest BCUT2D eigenvalue weighted by Gasteiger charge is 2.38. The zero-order valence-corrected chi connectivity index (χ0v) is 12.6. The van der Waals surface area contributed by atoms with Crippen LogP contribution in [0.2, 0.25) is 0 Å². The van der Waals surface area contributed by atoms with Gasteiger partial charge in [-0.25, -0.2) is 0 Å². The first-order valence-corrected chi connectivity index (χ1v) is 8.29. The van der Waals surface area contributed by atoms with Gasteiger partial charge in [0.25, 0.3) is 10.2 Å². The minimum Gasteiger partial charge on any atom is -0.391 e. The van der Waals surface area contributed by atoms with Gasteiger partial charge in [0.15, 0.2) is 0 Å². The number of rotatable bonds is 2. The molecule has 0 aliphatic carbocycles. The molecule has 2 heterocycles. The van der Waals surface area contributed by atoms with Gasteiger partial charge in [0.1, 0.15) is 0 Å². The second-order valence-electron chi connectivity index (χ2n) is 5.77. The van der Waals surface area contributed by atoms with Gasteiger partial charge in [0, 0.05) is 26.2 Å². The number of morpholine rings is 1. The van der Waals surface area contributed by atoms with E-state index in [1.54, 1.807) is 0 Å². The quantitative estimate of drug-likeness (QED) is 0.780. The van der Waals surface area contributed by atoms with Gasteiger partial charge in [-0.3, -0.25) is 0 Å². The summed E-state index contributed by atoms with van der Waals surface area (Å²) in [6.07, 6.45) is -0.0470. The van der Waals surface area contributed by atoms with Crippen LogP contribution in [0.25, 0.3) is 0 Å². The molecule has 0 saturated carbocycles. The minimum atomic E-state index is -3.48. The average molecular weight is 292 g/mol. The van der Waals surface area contributed by atoms with Crippen molar-refractivity contribution in [3.63, 3.8) is 0 Å². The van der Waals surface area contributed by atoms with Crippen LogP contribution in [-0.4, -0.2) is 66.6 Å². The number of hydrogen-bond acceptors (Lipinski definition) is 4. The predicted molar refractivity (Wildman–Crippen MR) is 71.9 cm³/mol. The lowest BCUT2D eigenvalue weighted by molar-refractivity contribution is -0.0463. The molecule has 2 saturated heterocycles. The first kappa shape index (κ1) is 15.2. The van der Waals surface area contributed by atoms with Crippen molar-refractivity contribution in [3.05, 3.63) is 0 Å². The molecule has 4 atom stereocenters. The summed E-state index contributed by atoms with van der Waals surface area (Å²) in [6.45, 7) is 7.16. The van der Waals surface area contributed by atoms with Crippen LogP contribution in [0.15, 0.2) is 0 Å². The van der Waals surface area contributed by atoms with E-state index in [0.29, 0.717) is 26.1 Å². The van der Waals surface area contributed by atoms with Gasteiger partial charge in [-0.05, 0) is 26.2 Å². The molecule has 2 rings (SSSR count). The lowest BCUT2D eigenvalue weighted by atomic mass is 9.98. The van der Waals surface area contributed by atoms with Gasteiger partial charge >= 0.3 is 0 Å². The second-order valence-corrected chi connectivity index (χ2v) is 7.70. The van der Waals surface area contributed by atoms with E-state index in [1.807, 2.05) is 20.8 Å². The number of aliphatic hydroxyl groups is 1. The fraction of sp³-hybridized carbons (Fsp3) is 1.00. The second kappa shape index (κ2) is 5.65. The van der Waals surface area contributed by atoms with Crippen LogP contribution in [0.4, 0.5) is 0 Å². The Labute approximate surface area is 115 Å². The summed E-state index contributed by atoms with van der Waals surface area (Å²) in [5, 5.41) is 9.86. The zero-order valence-electron chi connectivity index (χ0n) is 11.8. The summed E-state index contributed by atoms with van der Waals surface area (Å²) in [7, 11) is -3.48. The molecule has 112 valence electrons. The molecule has 0 aromatic heterocycles. The van der Waals surface area contributed by atoms with Gasteiger partial charge in [-0.1, -0.05) is 6.92 Å². The summed E-state index contributed by atoms with van der Waals surface area (Å²) in [4.78, 5) is 0. The summed E-state index contributed by atoms with van der Waals surface area (Å²) in [5.41, 5.74) is 0. The van der Waals surface area contributed by atoms with Gasteiger partial charge in [-0.15, -0.1) is 0 Å². The average Bonchev–Trinajstić information content (AvgIpc) is 2.31. The molecule has 0 bridgehead atoms. The number of nitrogens with zero attached hydrogens (tertiary/aromatic N) is 2. The fourth-order valence-electron chi connectivity index (χ4n) is 2.71. The molecule has 2 aliphatic rings. The van der Waals surface area contributed by atoms with Crippen molar-refractivity contribution in [1.82, 2.24) is 8.61 Å². The fourth-order valence-corrected chi connectivity index (χ4v) is 4.51. The van der Waals surface area contributed by atoms with Crippen molar-refractivity contribution in [2.45, 2.75) is 45.5 Å². The highest BCUT2D eigenvalue weighted by atomic mass is 32.2. The van der Waals surface area contributed by atoms with Crippen LogP contribution in [0.5, 0.6) is 0 Å². The van der Waals surface area contributed by atoms with E-state index in [2.05, 4.69) is 0 Å². The summed E-state index contributed by atoms with van der Waals surface area (Å²) >= 11 is 0. The largest absolute Gasteiger partial charge is 0.391 e. The first-order chi connectivity index (χ1) is 8.80. The predicted octanol–water partition coefficient (Wildman–Crippen LogP) is 0.0431. The van der Waals surface area contributed by atoms with E-state index in [0.717, 1.165) is 0 Å². The SMILES string of the molecule is CC1CN(S(=O)(=O)N2CCC(C)C(O)C2)CC(C)O1. The third-order valence-corrected chi connectivity index (χ3v) is 5.86. The molecule has 0 amide bonds. The molecule has 0 spiro atoms. The maximum atomic E-state index is 12.6. The van der Waals surface area contributed by atoms with E-state index in [4.69, 9.17) is 4.74 Å². The monoisotopic (exact) mass is 292 g/mol. The van der Waals surface area contributed by atoms with E-state index in [1.165, 1.54) is 8.61 Å². The van der Waals surface area contributed by atoms with E-state index >= 15 is 0 Å². The molecule has 4 unspecified atom stereocenters. The normalized spacial score (nSPS) is 39.4. The number of hydrogen-bond donors (Lipinski definition) is 1. The standard InChI is InChI=1S/C12H24N2O4S/c1-9-4-5-13(8-12(9)15)19(16,17)14-6-10(2)18-11(3)7-14/h9-12,15H,4-8H2,1-3H3. The molecule has 0 radical (unpaired) electrons. The Morgan fingerprint density at radius 2 is 1.63 bits per heavy atom. The summed E-state index contributed by atoms with van der Waals surface area (Å²) in [6, 6.07) is 0. The molecule has 7 heteroatoms. The van der Waals surface area contributed by atoms with Crippen molar-refractivity contribution < 1.29 is 18.3 Å². The van der Waals surface area contributed by atoms with Crippen molar-refractivity contribution >= 4 is 10.2 Å². The van der Waals surface area contributed by atoms with Crippen LogP contribution >= 0.6 is 0 Å². The maximum absolute atomic E-state index is 12.6. The Bertz CT molecular complexity index is 404.